The number of hydrogen-bond donors (Lipinski definition) is 1. The molecule has 2 aromatic carbocycles. The topological polar surface area (TPSA) is 52.7 Å². The third-order valence-electron chi connectivity index (χ3n) is 5.85. The number of anilines is 2. The third kappa shape index (κ3) is 3.26. The second-order valence-corrected chi connectivity index (χ2v) is 7.50. The summed E-state index contributed by atoms with van der Waals surface area (Å²) >= 11 is 0. The van der Waals surface area contributed by atoms with Gasteiger partial charge in [0, 0.05) is 24.3 Å². The zero-order valence-corrected chi connectivity index (χ0v) is 16.6. The van der Waals surface area contributed by atoms with Crippen LogP contribution in [0.15, 0.2) is 42.5 Å². The van der Waals surface area contributed by atoms with Crippen LogP contribution >= 0.6 is 0 Å². The molecule has 2 aromatic rings. The first-order chi connectivity index (χ1) is 13.6. The molecule has 1 unspecified atom stereocenters. The van der Waals surface area contributed by atoms with E-state index in [1.165, 1.54) is 5.56 Å². The first kappa shape index (κ1) is 18.5. The number of fused-ring (bicyclic) bond motifs is 2. The van der Waals surface area contributed by atoms with E-state index in [9.17, 15) is 9.59 Å². The average Bonchev–Trinajstić information content (AvgIpc) is 2.74. The molecule has 5 nitrogen and oxygen atoms in total. The van der Waals surface area contributed by atoms with E-state index in [2.05, 4.69) is 24.1 Å². The number of hydrogen-bond acceptors (Lipinski definition) is 3. The number of amides is 2. The van der Waals surface area contributed by atoms with Crippen molar-refractivity contribution >= 4 is 23.2 Å². The molecule has 146 valence electrons. The summed E-state index contributed by atoms with van der Waals surface area (Å²) < 4.78 is 0. The van der Waals surface area contributed by atoms with Gasteiger partial charge in [-0.05, 0) is 68.5 Å². The summed E-state index contributed by atoms with van der Waals surface area (Å²) in [6.45, 7) is 5.84. The maximum atomic E-state index is 12.9. The van der Waals surface area contributed by atoms with Gasteiger partial charge in [-0.25, -0.2) is 0 Å². The Morgan fingerprint density at radius 2 is 1.89 bits per heavy atom. The molecular formula is C23H27N3O2. The molecule has 1 saturated heterocycles. The lowest BCUT2D eigenvalue weighted by molar-refractivity contribution is 0.0582. The normalized spacial score (nSPS) is 18.5. The van der Waals surface area contributed by atoms with Crippen molar-refractivity contribution in [3.63, 3.8) is 0 Å². The standard InChI is InChI=1S/C23H27N3O2/c1-3-16-8-11-18(12-9-16)24-22(27)17-10-13-19-20(15-17)25(4-2)21-7-5-6-14-26(21)23(19)28/h8-13,15,21H,3-7,14H2,1-2H3,(H,24,27). The van der Waals surface area contributed by atoms with E-state index >= 15 is 0 Å². The Morgan fingerprint density at radius 1 is 1.11 bits per heavy atom. The molecule has 2 heterocycles. The second-order valence-electron chi connectivity index (χ2n) is 7.50. The van der Waals surface area contributed by atoms with Crippen molar-refractivity contribution in [3.05, 3.63) is 59.2 Å². The molecule has 2 aliphatic heterocycles. The maximum Gasteiger partial charge on any atom is 0.257 e. The van der Waals surface area contributed by atoms with Crippen LogP contribution in [0.2, 0.25) is 0 Å². The number of rotatable bonds is 4. The van der Waals surface area contributed by atoms with Crippen LogP contribution in [-0.2, 0) is 6.42 Å². The van der Waals surface area contributed by atoms with Crippen molar-refractivity contribution in [1.82, 2.24) is 4.90 Å². The quantitative estimate of drug-likeness (QED) is 0.865. The molecule has 0 bridgehead atoms. The second kappa shape index (κ2) is 7.66. The molecule has 0 aliphatic carbocycles. The van der Waals surface area contributed by atoms with Crippen LogP contribution in [0, 0.1) is 0 Å². The predicted molar refractivity (Wildman–Crippen MR) is 112 cm³/mol. The first-order valence-corrected chi connectivity index (χ1v) is 10.2. The van der Waals surface area contributed by atoms with Gasteiger partial charge in [-0.15, -0.1) is 0 Å². The molecule has 1 fully saturated rings. The van der Waals surface area contributed by atoms with E-state index in [1.54, 1.807) is 12.1 Å². The molecule has 4 rings (SSSR count). The summed E-state index contributed by atoms with van der Waals surface area (Å²) in [6, 6.07) is 13.3. The summed E-state index contributed by atoms with van der Waals surface area (Å²) in [5.74, 6) is -0.0619. The van der Waals surface area contributed by atoms with Crippen LogP contribution in [0.5, 0.6) is 0 Å². The Bertz CT molecular complexity index is 891. The Morgan fingerprint density at radius 3 is 2.61 bits per heavy atom. The van der Waals surface area contributed by atoms with Gasteiger partial charge in [0.2, 0.25) is 0 Å². The summed E-state index contributed by atoms with van der Waals surface area (Å²) in [5.41, 5.74) is 4.17. The summed E-state index contributed by atoms with van der Waals surface area (Å²) in [5, 5.41) is 2.96. The summed E-state index contributed by atoms with van der Waals surface area (Å²) in [7, 11) is 0. The Hall–Kier alpha value is -2.82. The number of carbonyl (C=O) groups is 2. The molecule has 2 aliphatic rings. The molecule has 2 amide bonds. The van der Waals surface area contributed by atoms with E-state index in [4.69, 9.17) is 0 Å². The highest BCUT2D eigenvalue weighted by Crippen LogP contribution is 2.35. The lowest BCUT2D eigenvalue weighted by Gasteiger charge is -2.47. The van der Waals surface area contributed by atoms with Crippen LogP contribution in [-0.4, -0.2) is 36.0 Å². The molecule has 5 heteroatoms. The van der Waals surface area contributed by atoms with Gasteiger partial charge in [0.1, 0.15) is 6.17 Å². The minimum absolute atomic E-state index is 0.0894. The number of piperidine rings is 1. The lowest BCUT2D eigenvalue weighted by atomic mass is 9.97. The molecule has 1 atom stereocenters. The summed E-state index contributed by atoms with van der Waals surface area (Å²) in [4.78, 5) is 30.0. The van der Waals surface area contributed by atoms with Crippen LogP contribution in [0.25, 0.3) is 0 Å². The highest BCUT2D eigenvalue weighted by Gasteiger charge is 2.38. The van der Waals surface area contributed by atoms with Gasteiger partial charge in [-0.2, -0.15) is 0 Å². The summed E-state index contributed by atoms with van der Waals surface area (Å²) in [6.07, 6.45) is 4.26. The van der Waals surface area contributed by atoms with Gasteiger partial charge in [0.05, 0.1) is 11.3 Å². The van der Waals surface area contributed by atoms with E-state index in [0.29, 0.717) is 11.1 Å². The van der Waals surface area contributed by atoms with Gasteiger partial charge in [0.15, 0.2) is 0 Å². The van der Waals surface area contributed by atoms with E-state index in [0.717, 1.165) is 50.1 Å². The van der Waals surface area contributed by atoms with Crippen LogP contribution in [0.1, 0.15) is 59.4 Å². The minimum atomic E-state index is -0.151. The number of aryl methyl sites for hydroxylation is 1. The highest BCUT2D eigenvalue weighted by atomic mass is 16.2. The van der Waals surface area contributed by atoms with Gasteiger partial charge in [0.25, 0.3) is 11.8 Å². The molecular weight excluding hydrogens is 350 g/mol. The van der Waals surface area contributed by atoms with Crippen LogP contribution in [0.4, 0.5) is 11.4 Å². The Kier molecular flexibility index (Phi) is 5.07. The molecule has 0 radical (unpaired) electrons. The van der Waals surface area contributed by atoms with E-state index in [-0.39, 0.29) is 18.0 Å². The van der Waals surface area contributed by atoms with Gasteiger partial charge >= 0.3 is 0 Å². The molecule has 28 heavy (non-hydrogen) atoms. The van der Waals surface area contributed by atoms with E-state index < -0.39 is 0 Å². The zero-order chi connectivity index (χ0) is 19.7. The van der Waals surface area contributed by atoms with Crippen LogP contribution in [0.3, 0.4) is 0 Å². The van der Waals surface area contributed by atoms with Crippen molar-refractivity contribution in [3.8, 4) is 0 Å². The van der Waals surface area contributed by atoms with Gasteiger partial charge in [-0.1, -0.05) is 19.1 Å². The third-order valence-corrected chi connectivity index (χ3v) is 5.85. The first-order valence-electron chi connectivity index (χ1n) is 10.2. The number of nitrogens with one attached hydrogen (secondary N) is 1. The maximum absolute atomic E-state index is 12.9. The fourth-order valence-electron chi connectivity index (χ4n) is 4.29. The Balaban J connectivity index is 1.62. The van der Waals surface area contributed by atoms with E-state index in [1.807, 2.05) is 35.2 Å². The Labute approximate surface area is 166 Å². The van der Waals surface area contributed by atoms with Crippen molar-refractivity contribution in [1.29, 1.82) is 0 Å². The lowest BCUT2D eigenvalue weighted by Crippen LogP contribution is -2.57. The zero-order valence-electron chi connectivity index (χ0n) is 16.6. The predicted octanol–water partition coefficient (Wildman–Crippen LogP) is 4.29. The average molecular weight is 377 g/mol. The van der Waals surface area contributed by atoms with Gasteiger partial charge in [-0.3, -0.25) is 9.59 Å². The van der Waals surface area contributed by atoms with Crippen molar-refractivity contribution < 1.29 is 9.59 Å². The fraction of sp³-hybridized carbons (Fsp3) is 0.391. The SMILES string of the molecule is CCc1ccc(NC(=O)c2ccc3c(c2)N(CC)C2CCCCN2C3=O)cc1. The smallest absolute Gasteiger partial charge is 0.257 e. The van der Waals surface area contributed by atoms with Crippen LogP contribution < -0.4 is 10.2 Å². The van der Waals surface area contributed by atoms with Gasteiger partial charge < -0.3 is 15.1 Å². The number of nitrogens with zero attached hydrogens (tertiary/aromatic N) is 2. The van der Waals surface area contributed by atoms with Crippen molar-refractivity contribution in [2.24, 2.45) is 0 Å². The largest absolute Gasteiger partial charge is 0.351 e. The molecule has 0 saturated carbocycles. The van der Waals surface area contributed by atoms with Crippen molar-refractivity contribution in [2.75, 3.05) is 23.3 Å². The number of carbonyl (C=O) groups excluding carboxylic acids is 2. The molecule has 1 N–H and O–H groups in total. The monoisotopic (exact) mass is 377 g/mol. The molecule has 0 aromatic heterocycles. The number of benzene rings is 2. The highest BCUT2D eigenvalue weighted by molar-refractivity contribution is 6.08. The molecule has 0 spiro atoms. The fourth-order valence-corrected chi connectivity index (χ4v) is 4.29. The minimum Gasteiger partial charge on any atom is -0.351 e. The van der Waals surface area contributed by atoms with Crippen molar-refractivity contribution in [2.45, 2.75) is 45.7 Å².